The Balaban J connectivity index is 1.54. The highest BCUT2D eigenvalue weighted by molar-refractivity contribution is 6.30. The molecular weight excluding hydrogens is 392 g/mol. The standard InChI is InChI=1S/C26H29ClN2O/c1-19(2)20-7-6-10-25(15-20)30-26-17-28-16-21(26)18-29(23-8-4-3-5-9-23)24-13-11-22(27)12-14-24/h3-15,19,21,26,28H,16-18H2,1-2H3/t21-,26?/m1/s1. The maximum absolute atomic E-state index is 6.46. The van der Waals surface area contributed by atoms with E-state index in [2.05, 4.69) is 84.7 Å². The second-order valence-electron chi connectivity index (χ2n) is 8.22. The minimum absolute atomic E-state index is 0.130. The van der Waals surface area contributed by atoms with Crippen LogP contribution in [0, 0.1) is 5.92 Å². The molecule has 0 bridgehead atoms. The largest absolute Gasteiger partial charge is 0.489 e. The van der Waals surface area contributed by atoms with Crippen LogP contribution in [0.15, 0.2) is 78.9 Å². The molecule has 1 fully saturated rings. The molecule has 0 spiro atoms. The number of anilines is 2. The smallest absolute Gasteiger partial charge is 0.120 e. The van der Waals surface area contributed by atoms with Crippen LogP contribution in [0.4, 0.5) is 11.4 Å². The van der Waals surface area contributed by atoms with Crippen molar-refractivity contribution in [3.63, 3.8) is 0 Å². The maximum Gasteiger partial charge on any atom is 0.120 e. The Bertz CT molecular complexity index is 943. The van der Waals surface area contributed by atoms with Crippen LogP contribution in [-0.2, 0) is 0 Å². The molecule has 1 aliphatic heterocycles. The summed E-state index contributed by atoms with van der Waals surface area (Å²) >= 11 is 6.13. The van der Waals surface area contributed by atoms with Crippen LogP contribution < -0.4 is 15.0 Å². The number of benzene rings is 3. The van der Waals surface area contributed by atoms with Crippen molar-refractivity contribution in [1.82, 2.24) is 5.32 Å². The highest BCUT2D eigenvalue weighted by Crippen LogP contribution is 2.30. The molecule has 0 aromatic heterocycles. The molecule has 0 amide bonds. The fourth-order valence-electron chi connectivity index (χ4n) is 3.97. The van der Waals surface area contributed by atoms with Crippen molar-refractivity contribution in [1.29, 1.82) is 0 Å². The third-order valence-corrected chi connectivity index (χ3v) is 5.97. The normalized spacial score (nSPS) is 18.5. The molecule has 0 saturated carbocycles. The van der Waals surface area contributed by atoms with Gasteiger partial charge >= 0.3 is 0 Å². The zero-order chi connectivity index (χ0) is 20.9. The summed E-state index contributed by atoms with van der Waals surface area (Å²) in [5.74, 6) is 1.81. The minimum Gasteiger partial charge on any atom is -0.489 e. The molecule has 4 rings (SSSR count). The van der Waals surface area contributed by atoms with Crippen molar-refractivity contribution in [2.24, 2.45) is 5.92 Å². The molecule has 0 aliphatic carbocycles. The van der Waals surface area contributed by atoms with E-state index in [1.165, 1.54) is 11.3 Å². The number of halogens is 1. The van der Waals surface area contributed by atoms with E-state index in [0.717, 1.165) is 36.1 Å². The Kier molecular flexibility index (Phi) is 6.61. The molecule has 1 N–H and O–H groups in total. The third-order valence-electron chi connectivity index (χ3n) is 5.71. The van der Waals surface area contributed by atoms with E-state index in [-0.39, 0.29) is 6.10 Å². The molecular formula is C26H29ClN2O. The molecule has 1 aliphatic rings. The lowest BCUT2D eigenvalue weighted by Gasteiger charge is -2.30. The second-order valence-corrected chi connectivity index (χ2v) is 8.66. The van der Waals surface area contributed by atoms with Crippen LogP contribution in [0.5, 0.6) is 5.75 Å². The number of hydrogen-bond acceptors (Lipinski definition) is 3. The molecule has 3 aromatic rings. The van der Waals surface area contributed by atoms with Gasteiger partial charge in [-0.15, -0.1) is 0 Å². The van der Waals surface area contributed by atoms with Gasteiger partial charge in [-0.3, -0.25) is 0 Å². The SMILES string of the molecule is CC(C)c1cccc(OC2CNC[C@@H]2CN(c2ccccc2)c2ccc(Cl)cc2)c1. The fourth-order valence-corrected chi connectivity index (χ4v) is 4.10. The van der Waals surface area contributed by atoms with Gasteiger partial charge in [-0.05, 0) is 60.0 Å². The highest BCUT2D eigenvalue weighted by Gasteiger charge is 2.31. The van der Waals surface area contributed by atoms with Crippen LogP contribution in [0.3, 0.4) is 0 Å². The van der Waals surface area contributed by atoms with Gasteiger partial charge in [0, 0.05) is 41.9 Å². The zero-order valence-electron chi connectivity index (χ0n) is 17.6. The van der Waals surface area contributed by atoms with Crippen LogP contribution in [0.2, 0.25) is 5.02 Å². The molecule has 3 aromatic carbocycles. The van der Waals surface area contributed by atoms with Crippen molar-refractivity contribution in [2.75, 3.05) is 24.5 Å². The monoisotopic (exact) mass is 420 g/mol. The summed E-state index contributed by atoms with van der Waals surface area (Å²) in [7, 11) is 0. The van der Waals surface area contributed by atoms with Crippen LogP contribution in [0.25, 0.3) is 0 Å². The maximum atomic E-state index is 6.46. The first-order valence-electron chi connectivity index (χ1n) is 10.7. The van der Waals surface area contributed by atoms with Gasteiger partial charge in [-0.25, -0.2) is 0 Å². The molecule has 1 heterocycles. The van der Waals surface area contributed by atoms with Gasteiger partial charge in [0.1, 0.15) is 11.9 Å². The minimum atomic E-state index is 0.130. The summed E-state index contributed by atoms with van der Waals surface area (Å²) in [6.07, 6.45) is 0.130. The molecule has 0 radical (unpaired) electrons. The predicted octanol–water partition coefficient (Wildman–Crippen LogP) is 6.27. The van der Waals surface area contributed by atoms with Crippen molar-refractivity contribution in [3.05, 3.63) is 89.4 Å². The molecule has 2 atom stereocenters. The number of nitrogens with zero attached hydrogens (tertiary/aromatic N) is 1. The average molecular weight is 421 g/mol. The van der Waals surface area contributed by atoms with E-state index in [9.17, 15) is 0 Å². The number of hydrogen-bond donors (Lipinski definition) is 1. The molecule has 1 saturated heterocycles. The lowest BCUT2D eigenvalue weighted by Crippen LogP contribution is -2.35. The first-order valence-corrected chi connectivity index (χ1v) is 11.0. The van der Waals surface area contributed by atoms with Crippen molar-refractivity contribution < 1.29 is 4.74 Å². The summed E-state index contributed by atoms with van der Waals surface area (Å²) in [4.78, 5) is 2.36. The number of nitrogens with one attached hydrogen (secondary N) is 1. The van der Waals surface area contributed by atoms with Gasteiger partial charge in [0.25, 0.3) is 0 Å². The molecule has 1 unspecified atom stereocenters. The van der Waals surface area contributed by atoms with Crippen molar-refractivity contribution in [2.45, 2.75) is 25.9 Å². The first-order chi connectivity index (χ1) is 14.6. The van der Waals surface area contributed by atoms with E-state index in [4.69, 9.17) is 16.3 Å². The Morgan fingerprint density at radius 2 is 1.67 bits per heavy atom. The first kappa shape index (κ1) is 20.8. The fraction of sp³-hybridized carbons (Fsp3) is 0.308. The summed E-state index contributed by atoms with van der Waals surface area (Å²) < 4.78 is 6.46. The van der Waals surface area contributed by atoms with E-state index in [0.29, 0.717) is 11.8 Å². The topological polar surface area (TPSA) is 24.5 Å². The average Bonchev–Trinajstić information content (AvgIpc) is 3.20. The Morgan fingerprint density at radius 3 is 2.40 bits per heavy atom. The lowest BCUT2D eigenvalue weighted by atomic mass is 10.0. The van der Waals surface area contributed by atoms with E-state index < -0.39 is 0 Å². The zero-order valence-corrected chi connectivity index (χ0v) is 18.3. The number of rotatable bonds is 7. The van der Waals surface area contributed by atoms with E-state index in [1.54, 1.807) is 0 Å². The second kappa shape index (κ2) is 9.55. The summed E-state index contributed by atoms with van der Waals surface area (Å²) in [6, 6.07) is 27.1. The Morgan fingerprint density at radius 1 is 0.933 bits per heavy atom. The summed E-state index contributed by atoms with van der Waals surface area (Å²) in [5.41, 5.74) is 3.62. The van der Waals surface area contributed by atoms with Gasteiger partial charge in [0.05, 0.1) is 0 Å². The summed E-state index contributed by atoms with van der Waals surface area (Å²) in [6.45, 7) is 7.09. The van der Waals surface area contributed by atoms with E-state index in [1.807, 2.05) is 18.2 Å². The van der Waals surface area contributed by atoms with Crippen LogP contribution in [-0.4, -0.2) is 25.7 Å². The Hall–Kier alpha value is -2.49. The number of para-hydroxylation sites is 1. The van der Waals surface area contributed by atoms with Gasteiger partial charge in [-0.1, -0.05) is 55.8 Å². The van der Waals surface area contributed by atoms with Crippen molar-refractivity contribution >= 4 is 23.0 Å². The molecule has 4 heteroatoms. The predicted molar refractivity (Wildman–Crippen MR) is 126 cm³/mol. The molecule has 3 nitrogen and oxygen atoms in total. The Labute approximate surface area is 184 Å². The van der Waals surface area contributed by atoms with Gasteiger partial charge < -0.3 is 15.0 Å². The number of ether oxygens (including phenoxy) is 1. The lowest BCUT2D eigenvalue weighted by molar-refractivity contribution is 0.177. The van der Waals surface area contributed by atoms with Crippen LogP contribution in [0.1, 0.15) is 25.3 Å². The quantitative estimate of drug-likeness (QED) is 0.487. The van der Waals surface area contributed by atoms with Crippen LogP contribution >= 0.6 is 11.6 Å². The van der Waals surface area contributed by atoms with Crippen molar-refractivity contribution in [3.8, 4) is 5.75 Å². The molecule has 156 valence electrons. The third kappa shape index (κ3) is 4.97. The molecule has 30 heavy (non-hydrogen) atoms. The van der Waals surface area contributed by atoms with Gasteiger partial charge in [0.2, 0.25) is 0 Å². The van der Waals surface area contributed by atoms with Gasteiger partial charge in [0.15, 0.2) is 0 Å². The summed E-state index contributed by atoms with van der Waals surface area (Å²) in [5, 5.41) is 4.28. The highest BCUT2D eigenvalue weighted by atomic mass is 35.5. The van der Waals surface area contributed by atoms with Gasteiger partial charge in [-0.2, -0.15) is 0 Å². The van der Waals surface area contributed by atoms with E-state index >= 15 is 0 Å².